The van der Waals surface area contributed by atoms with Crippen LogP contribution in [0, 0.1) is 0 Å². The van der Waals surface area contributed by atoms with Gasteiger partial charge in [0.15, 0.2) is 11.5 Å². The van der Waals surface area contributed by atoms with Gasteiger partial charge in [0.05, 0.1) is 14.2 Å². The third-order valence-corrected chi connectivity index (χ3v) is 6.60. The highest BCUT2D eigenvalue weighted by Gasteiger charge is 2.51. The fourth-order valence-corrected chi connectivity index (χ4v) is 5.16. The van der Waals surface area contributed by atoms with Crippen LogP contribution in [0.1, 0.15) is 36.8 Å². The highest BCUT2D eigenvalue weighted by atomic mass is 16.5. The molecule has 2 fully saturated rings. The van der Waals surface area contributed by atoms with Gasteiger partial charge in [0.25, 0.3) is 0 Å². The van der Waals surface area contributed by atoms with Crippen LogP contribution in [0.3, 0.4) is 0 Å². The Balaban J connectivity index is 1.67. The number of rotatable bonds is 5. The molecular weight excluding hydrogens is 336 g/mol. The third-order valence-electron chi connectivity index (χ3n) is 6.60. The Labute approximate surface area is 162 Å². The molecule has 2 aromatic carbocycles. The van der Waals surface area contributed by atoms with E-state index in [4.69, 9.17) is 15.2 Å². The van der Waals surface area contributed by atoms with Crippen molar-refractivity contribution in [1.29, 1.82) is 0 Å². The van der Waals surface area contributed by atoms with E-state index >= 15 is 0 Å². The zero-order valence-corrected chi connectivity index (χ0v) is 16.4. The molecule has 1 aliphatic heterocycles. The topological polar surface area (TPSA) is 47.7 Å². The first-order valence-electron chi connectivity index (χ1n) is 9.92. The van der Waals surface area contributed by atoms with Crippen molar-refractivity contribution in [2.45, 2.75) is 49.7 Å². The highest BCUT2D eigenvalue weighted by molar-refractivity contribution is 5.46. The van der Waals surface area contributed by atoms with Crippen LogP contribution in [0.5, 0.6) is 11.5 Å². The van der Waals surface area contributed by atoms with E-state index in [0.717, 1.165) is 43.9 Å². The third kappa shape index (κ3) is 3.32. The molecule has 4 heteroatoms. The average molecular weight is 367 g/mol. The van der Waals surface area contributed by atoms with E-state index in [2.05, 4.69) is 47.4 Å². The number of nitrogens with two attached hydrogens (primary N) is 1. The quantitative estimate of drug-likeness (QED) is 0.876. The lowest BCUT2D eigenvalue weighted by Gasteiger charge is -2.44. The first-order chi connectivity index (χ1) is 13.2. The number of benzene rings is 2. The van der Waals surface area contributed by atoms with Crippen LogP contribution >= 0.6 is 0 Å². The molecule has 1 heterocycles. The van der Waals surface area contributed by atoms with Crippen molar-refractivity contribution in [3.05, 3.63) is 59.7 Å². The van der Waals surface area contributed by atoms with E-state index in [1.165, 1.54) is 17.5 Å². The lowest BCUT2D eigenvalue weighted by atomic mass is 9.65. The Morgan fingerprint density at radius 2 is 1.81 bits per heavy atom. The zero-order valence-electron chi connectivity index (χ0n) is 16.4. The van der Waals surface area contributed by atoms with Gasteiger partial charge in [-0.3, -0.25) is 4.90 Å². The summed E-state index contributed by atoms with van der Waals surface area (Å²) in [5.41, 5.74) is 9.31. The van der Waals surface area contributed by atoms with Crippen LogP contribution < -0.4 is 15.2 Å². The van der Waals surface area contributed by atoms with Gasteiger partial charge in [0.2, 0.25) is 0 Å². The second kappa shape index (κ2) is 7.53. The summed E-state index contributed by atoms with van der Waals surface area (Å²) < 4.78 is 11.0. The predicted molar refractivity (Wildman–Crippen MR) is 108 cm³/mol. The van der Waals surface area contributed by atoms with E-state index in [1.54, 1.807) is 14.2 Å². The molecule has 2 aromatic rings. The van der Waals surface area contributed by atoms with Crippen LogP contribution in [0.25, 0.3) is 0 Å². The van der Waals surface area contributed by atoms with Gasteiger partial charge < -0.3 is 15.2 Å². The van der Waals surface area contributed by atoms with Gasteiger partial charge in [0.1, 0.15) is 0 Å². The minimum Gasteiger partial charge on any atom is -0.493 e. The molecule has 1 saturated heterocycles. The molecule has 3 atom stereocenters. The number of hydrogen-bond acceptors (Lipinski definition) is 4. The molecule has 0 amide bonds. The average Bonchev–Trinajstić information content (AvgIpc) is 3.07. The molecule has 2 N–H and O–H groups in total. The summed E-state index contributed by atoms with van der Waals surface area (Å²) in [5, 5.41) is 0. The minimum absolute atomic E-state index is 0.157. The molecular formula is C23H30N2O2. The molecule has 0 spiro atoms. The Hall–Kier alpha value is -2.04. The van der Waals surface area contributed by atoms with Gasteiger partial charge in [-0.2, -0.15) is 0 Å². The van der Waals surface area contributed by atoms with E-state index in [0.29, 0.717) is 12.1 Å². The summed E-state index contributed by atoms with van der Waals surface area (Å²) in [6.07, 6.45) is 4.46. The maximum Gasteiger partial charge on any atom is 0.161 e. The number of ether oxygens (including phenoxy) is 2. The van der Waals surface area contributed by atoms with E-state index < -0.39 is 0 Å². The van der Waals surface area contributed by atoms with Crippen molar-refractivity contribution < 1.29 is 9.47 Å². The Bertz CT molecular complexity index is 779. The standard InChI is InChI=1S/C23H30N2O2/c1-26-20-9-8-18(14-21(20)27-2)23-11-10-19(24)15-22(23)25(13-12-23)16-17-6-4-3-5-7-17/h3-9,14,19,22H,10-13,15-16,24H2,1-2H3/t19-,22+,23?/m1/s1. The first kappa shape index (κ1) is 18.3. The molecule has 1 saturated carbocycles. The van der Waals surface area contributed by atoms with Crippen molar-refractivity contribution in [3.8, 4) is 11.5 Å². The molecule has 1 aliphatic carbocycles. The second-order valence-corrected chi connectivity index (χ2v) is 7.98. The molecule has 0 radical (unpaired) electrons. The number of fused-ring (bicyclic) bond motifs is 1. The lowest BCUT2D eigenvalue weighted by Crippen LogP contribution is -2.50. The van der Waals surface area contributed by atoms with Crippen LogP contribution in [0.2, 0.25) is 0 Å². The molecule has 2 aliphatic rings. The summed E-state index contributed by atoms with van der Waals surface area (Å²) in [7, 11) is 3.40. The lowest BCUT2D eigenvalue weighted by molar-refractivity contribution is 0.139. The summed E-state index contributed by atoms with van der Waals surface area (Å²) >= 11 is 0. The summed E-state index contributed by atoms with van der Waals surface area (Å²) in [5.74, 6) is 1.61. The molecule has 4 rings (SSSR count). The first-order valence-corrected chi connectivity index (χ1v) is 9.92. The Morgan fingerprint density at radius 3 is 2.56 bits per heavy atom. The van der Waals surface area contributed by atoms with Crippen LogP contribution in [0.15, 0.2) is 48.5 Å². The molecule has 144 valence electrons. The number of hydrogen-bond donors (Lipinski definition) is 1. The molecule has 4 nitrogen and oxygen atoms in total. The highest BCUT2D eigenvalue weighted by Crippen LogP contribution is 2.50. The fourth-order valence-electron chi connectivity index (χ4n) is 5.16. The fraction of sp³-hybridized carbons (Fsp3) is 0.478. The molecule has 0 bridgehead atoms. The maximum atomic E-state index is 6.41. The molecule has 27 heavy (non-hydrogen) atoms. The zero-order chi connectivity index (χ0) is 18.9. The monoisotopic (exact) mass is 366 g/mol. The van der Waals surface area contributed by atoms with Gasteiger partial charge in [-0.25, -0.2) is 0 Å². The SMILES string of the molecule is COc1ccc(C23CC[C@@H](N)C[C@@H]2N(Cc2ccccc2)CC3)cc1OC. The van der Waals surface area contributed by atoms with E-state index in [9.17, 15) is 0 Å². The smallest absolute Gasteiger partial charge is 0.161 e. The number of methoxy groups -OCH3 is 2. The Kier molecular flexibility index (Phi) is 5.11. The van der Waals surface area contributed by atoms with Gasteiger partial charge in [-0.05, 0) is 55.5 Å². The van der Waals surface area contributed by atoms with E-state index in [-0.39, 0.29) is 5.41 Å². The van der Waals surface area contributed by atoms with Crippen molar-refractivity contribution in [2.24, 2.45) is 5.73 Å². The Morgan fingerprint density at radius 1 is 1.04 bits per heavy atom. The predicted octanol–water partition coefficient (Wildman–Crippen LogP) is 3.73. The molecule has 0 aromatic heterocycles. The second-order valence-electron chi connectivity index (χ2n) is 7.98. The van der Waals surface area contributed by atoms with E-state index in [1.807, 2.05) is 6.07 Å². The van der Waals surface area contributed by atoms with Crippen molar-refractivity contribution in [1.82, 2.24) is 4.90 Å². The summed E-state index contributed by atoms with van der Waals surface area (Å²) in [6, 6.07) is 18.0. The molecule has 1 unspecified atom stereocenters. The van der Waals surface area contributed by atoms with Crippen LogP contribution in [-0.4, -0.2) is 37.7 Å². The van der Waals surface area contributed by atoms with Crippen molar-refractivity contribution >= 4 is 0 Å². The number of nitrogens with zero attached hydrogens (tertiary/aromatic N) is 1. The van der Waals surface area contributed by atoms with Crippen LogP contribution in [0.4, 0.5) is 0 Å². The minimum atomic E-state index is 0.157. The van der Waals surface area contributed by atoms with Gasteiger partial charge in [-0.15, -0.1) is 0 Å². The maximum absolute atomic E-state index is 6.41. The normalized spacial score (nSPS) is 28.0. The largest absolute Gasteiger partial charge is 0.493 e. The summed E-state index contributed by atoms with van der Waals surface area (Å²) in [4.78, 5) is 2.64. The summed E-state index contributed by atoms with van der Waals surface area (Å²) in [6.45, 7) is 2.11. The van der Waals surface area contributed by atoms with Gasteiger partial charge in [0, 0.05) is 24.0 Å². The number of likely N-dealkylation sites (tertiary alicyclic amines) is 1. The van der Waals surface area contributed by atoms with Gasteiger partial charge >= 0.3 is 0 Å². The van der Waals surface area contributed by atoms with Crippen molar-refractivity contribution in [2.75, 3.05) is 20.8 Å². The van der Waals surface area contributed by atoms with Gasteiger partial charge in [-0.1, -0.05) is 36.4 Å². The van der Waals surface area contributed by atoms with Crippen LogP contribution in [-0.2, 0) is 12.0 Å². The van der Waals surface area contributed by atoms with Crippen molar-refractivity contribution in [3.63, 3.8) is 0 Å².